The maximum Gasteiger partial charge on any atom is 0.0756 e. The molecular formula is C16H20Cl3N3. The van der Waals surface area contributed by atoms with E-state index in [4.69, 9.17) is 28.2 Å². The van der Waals surface area contributed by atoms with Crippen molar-refractivity contribution < 1.29 is 0 Å². The van der Waals surface area contributed by atoms with Crippen molar-refractivity contribution in [3.8, 4) is 0 Å². The fraction of sp³-hybridized carbons (Fsp3) is 0.438. The van der Waals surface area contributed by atoms with Gasteiger partial charge in [0.1, 0.15) is 0 Å². The number of fused-ring (bicyclic) bond motifs is 1. The number of nitrogens with one attached hydrogen (secondary N) is 1. The zero-order chi connectivity index (χ0) is 14.8. The molecule has 0 atom stereocenters. The molecule has 1 aliphatic rings. The third-order valence-electron chi connectivity index (χ3n) is 3.82. The van der Waals surface area contributed by atoms with Gasteiger partial charge in [-0.25, -0.2) is 0 Å². The number of anilines is 1. The van der Waals surface area contributed by atoms with Gasteiger partial charge in [-0.05, 0) is 24.6 Å². The van der Waals surface area contributed by atoms with E-state index < -0.39 is 0 Å². The number of hydrogen-bond acceptors (Lipinski definition) is 3. The largest absolute Gasteiger partial charge is 0.368 e. The Morgan fingerprint density at radius 3 is 2.59 bits per heavy atom. The molecule has 0 saturated carbocycles. The number of nitrogens with zero attached hydrogens (tertiary/aromatic N) is 2. The summed E-state index contributed by atoms with van der Waals surface area (Å²) in [6.45, 7) is 6.14. The summed E-state index contributed by atoms with van der Waals surface area (Å²) in [5.74, 6) is 0. The summed E-state index contributed by atoms with van der Waals surface area (Å²) < 4.78 is 0. The molecule has 0 amide bonds. The minimum atomic E-state index is 0. The average Bonchev–Trinajstić information content (AvgIpc) is 2.47. The molecule has 0 unspecified atom stereocenters. The third kappa shape index (κ3) is 3.60. The van der Waals surface area contributed by atoms with E-state index in [0.29, 0.717) is 10.0 Å². The molecule has 1 N–H and O–H groups in total. The first kappa shape index (κ1) is 17.6. The summed E-state index contributed by atoms with van der Waals surface area (Å²) >= 11 is 12.6. The summed E-state index contributed by atoms with van der Waals surface area (Å²) in [6.07, 6.45) is 2.05. The molecule has 0 spiro atoms. The Balaban J connectivity index is 0.00000176. The van der Waals surface area contributed by atoms with Gasteiger partial charge in [0.2, 0.25) is 0 Å². The zero-order valence-corrected chi connectivity index (χ0v) is 14.9. The second kappa shape index (κ2) is 7.69. The fourth-order valence-electron chi connectivity index (χ4n) is 2.86. The molecule has 1 aromatic carbocycles. The summed E-state index contributed by atoms with van der Waals surface area (Å²) in [4.78, 5) is 7.12. The number of rotatable bonds is 3. The highest BCUT2D eigenvalue weighted by molar-refractivity contribution is 6.39. The van der Waals surface area contributed by atoms with E-state index in [1.807, 2.05) is 6.07 Å². The molecule has 1 aliphatic heterocycles. The van der Waals surface area contributed by atoms with E-state index in [1.54, 1.807) is 6.07 Å². The van der Waals surface area contributed by atoms with Crippen LogP contribution in [0.15, 0.2) is 18.2 Å². The van der Waals surface area contributed by atoms with Crippen molar-refractivity contribution in [3.05, 3.63) is 33.9 Å². The molecule has 0 aliphatic carbocycles. The highest BCUT2D eigenvalue weighted by atomic mass is 35.5. The van der Waals surface area contributed by atoms with E-state index >= 15 is 0 Å². The van der Waals surface area contributed by atoms with Crippen molar-refractivity contribution in [1.82, 2.24) is 10.3 Å². The monoisotopic (exact) mass is 359 g/mol. The van der Waals surface area contributed by atoms with Gasteiger partial charge in [-0.15, -0.1) is 12.4 Å². The van der Waals surface area contributed by atoms with Crippen LogP contribution in [-0.2, 0) is 6.42 Å². The Labute approximate surface area is 147 Å². The smallest absolute Gasteiger partial charge is 0.0756 e. The summed E-state index contributed by atoms with van der Waals surface area (Å²) in [5.41, 5.74) is 3.19. The van der Waals surface area contributed by atoms with Crippen LogP contribution in [0, 0.1) is 0 Å². The molecule has 3 nitrogen and oxygen atoms in total. The Morgan fingerprint density at radius 2 is 1.91 bits per heavy atom. The molecule has 1 saturated heterocycles. The molecule has 2 aromatic rings. The molecule has 120 valence electrons. The van der Waals surface area contributed by atoms with Crippen molar-refractivity contribution in [2.45, 2.75) is 19.8 Å². The molecule has 1 aromatic heterocycles. The standard InChI is InChI=1S/C16H19Cl2N3.ClH/c1-2-3-12-10-15(21-6-4-19-5-7-21)16-13(18)8-11(17)9-14(16)20-12;/h8-10,19H,2-7H2,1H3;1H. The quantitative estimate of drug-likeness (QED) is 0.883. The molecule has 0 radical (unpaired) electrons. The highest BCUT2D eigenvalue weighted by Crippen LogP contribution is 2.35. The van der Waals surface area contributed by atoms with Crippen LogP contribution in [0.3, 0.4) is 0 Å². The van der Waals surface area contributed by atoms with Crippen molar-refractivity contribution >= 4 is 52.2 Å². The number of aryl methyl sites for hydroxylation is 1. The lowest BCUT2D eigenvalue weighted by Crippen LogP contribution is -2.43. The number of halogens is 3. The van der Waals surface area contributed by atoms with Gasteiger partial charge in [0.05, 0.1) is 10.5 Å². The van der Waals surface area contributed by atoms with Crippen LogP contribution in [0.1, 0.15) is 19.0 Å². The zero-order valence-electron chi connectivity index (χ0n) is 12.5. The fourth-order valence-corrected chi connectivity index (χ4v) is 3.44. The van der Waals surface area contributed by atoms with Crippen LogP contribution < -0.4 is 10.2 Å². The van der Waals surface area contributed by atoms with Gasteiger partial charge in [-0.1, -0.05) is 36.5 Å². The van der Waals surface area contributed by atoms with Crippen LogP contribution in [0.2, 0.25) is 10.0 Å². The molecule has 3 rings (SSSR count). The lowest BCUT2D eigenvalue weighted by Gasteiger charge is -2.31. The van der Waals surface area contributed by atoms with E-state index in [1.165, 1.54) is 5.69 Å². The van der Waals surface area contributed by atoms with E-state index in [-0.39, 0.29) is 12.4 Å². The summed E-state index contributed by atoms with van der Waals surface area (Å²) in [7, 11) is 0. The molecule has 0 bridgehead atoms. The number of piperazine rings is 1. The second-order valence-corrected chi connectivity index (χ2v) is 6.25. The van der Waals surface area contributed by atoms with Gasteiger partial charge in [0.15, 0.2) is 0 Å². The van der Waals surface area contributed by atoms with Crippen molar-refractivity contribution in [2.75, 3.05) is 31.1 Å². The maximum absolute atomic E-state index is 6.45. The van der Waals surface area contributed by atoms with Crippen LogP contribution in [0.25, 0.3) is 10.9 Å². The van der Waals surface area contributed by atoms with E-state index in [2.05, 4.69) is 23.2 Å². The Morgan fingerprint density at radius 1 is 1.18 bits per heavy atom. The van der Waals surface area contributed by atoms with E-state index in [0.717, 1.165) is 55.6 Å². The maximum atomic E-state index is 6.45. The Hall–Kier alpha value is -0.740. The molecule has 6 heteroatoms. The van der Waals surface area contributed by atoms with Gasteiger partial charge < -0.3 is 10.2 Å². The number of benzene rings is 1. The Kier molecular flexibility index (Phi) is 6.16. The van der Waals surface area contributed by atoms with Gasteiger partial charge in [0, 0.05) is 48.0 Å². The first-order valence-corrected chi connectivity index (χ1v) is 8.19. The normalized spacial score (nSPS) is 15.0. The van der Waals surface area contributed by atoms with Crippen molar-refractivity contribution in [1.29, 1.82) is 0 Å². The average molecular weight is 361 g/mol. The second-order valence-electron chi connectivity index (χ2n) is 5.40. The Bertz CT molecular complexity index is 655. The third-order valence-corrected chi connectivity index (χ3v) is 4.34. The van der Waals surface area contributed by atoms with Gasteiger partial charge in [-0.3, -0.25) is 4.98 Å². The predicted molar refractivity (Wildman–Crippen MR) is 98.1 cm³/mol. The molecule has 22 heavy (non-hydrogen) atoms. The SMILES string of the molecule is CCCc1cc(N2CCNCC2)c2c(Cl)cc(Cl)cc2n1.Cl. The first-order chi connectivity index (χ1) is 10.2. The first-order valence-electron chi connectivity index (χ1n) is 7.43. The van der Waals surface area contributed by atoms with Gasteiger partial charge in [0.25, 0.3) is 0 Å². The number of pyridine rings is 1. The lowest BCUT2D eigenvalue weighted by atomic mass is 10.1. The lowest BCUT2D eigenvalue weighted by molar-refractivity contribution is 0.590. The molecule has 2 heterocycles. The number of aromatic nitrogens is 1. The highest BCUT2D eigenvalue weighted by Gasteiger charge is 2.17. The van der Waals surface area contributed by atoms with Crippen molar-refractivity contribution in [2.24, 2.45) is 0 Å². The van der Waals surface area contributed by atoms with Crippen LogP contribution in [-0.4, -0.2) is 31.2 Å². The van der Waals surface area contributed by atoms with Gasteiger partial charge in [-0.2, -0.15) is 0 Å². The van der Waals surface area contributed by atoms with E-state index in [9.17, 15) is 0 Å². The minimum Gasteiger partial charge on any atom is -0.368 e. The van der Waals surface area contributed by atoms with Crippen LogP contribution in [0.5, 0.6) is 0 Å². The van der Waals surface area contributed by atoms with Crippen LogP contribution >= 0.6 is 35.6 Å². The van der Waals surface area contributed by atoms with Crippen molar-refractivity contribution in [3.63, 3.8) is 0 Å². The molecular weight excluding hydrogens is 341 g/mol. The minimum absolute atomic E-state index is 0. The number of hydrogen-bond donors (Lipinski definition) is 1. The topological polar surface area (TPSA) is 28.2 Å². The van der Waals surface area contributed by atoms with Crippen LogP contribution in [0.4, 0.5) is 5.69 Å². The molecule has 1 fully saturated rings. The summed E-state index contributed by atoms with van der Waals surface area (Å²) in [5, 5.41) is 5.72. The predicted octanol–water partition coefficient (Wildman–Crippen LogP) is 4.33. The van der Waals surface area contributed by atoms with Gasteiger partial charge >= 0.3 is 0 Å². The summed E-state index contributed by atoms with van der Waals surface area (Å²) in [6, 6.07) is 5.91.